The van der Waals surface area contributed by atoms with E-state index in [4.69, 9.17) is 9.15 Å². The van der Waals surface area contributed by atoms with Gasteiger partial charge in [-0.3, -0.25) is 0 Å². The third kappa shape index (κ3) is 3.25. The summed E-state index contributed by atoms with van der Waals surface area (Å²) in [6.45, 7) is 8.61. The lowest BCUT2D eigenvalue weighted by Gasteiger charge is -2.38. The zero-order valence-corrected chi connectivity index (χ0v) is 21.3. The van der Waals surface area contributed by atoms with Crippen LogP contribution in [0.1, 0.15) is 40.8 Å². The second-order valence-corrected chi connectivity index (χ2v) is 9.71. The van der Waals surface area contributed by atoms with E-state index in [0.717, 1.165) is 67.8 Å². The predicted octanol–water partition coefficient (Wildman–Crippen LogP) is 7.60. The summed E-state index contributed by atoms with van der Waals surface area (Å²) in [7, 11) is 1.67. The zero-order chi connectivity index (χ0) is 24.1. The number of nitrogens with zero attached hydrogens (tertiary/aromatic N) is 1. The van der Waals surface area contributed by atoms with Gasteiger partial charge in [0.2, 0.25) is 0 Å². The minimum Gasteiger partial charge on any atom is -0.497 e. The third-order valence-electron chi connectivity index (χ3n) is 7.07. The van der Waals surface area contributed by atoms with Crippen molar-refractivity contribution in [2.45, 2.75) is 40.2 Å². The molecule has 1 aliphatic heterocycles. The summed E-state index contributed by atoms with van der Waals surface area (Å²) in [4.78, 5) is 11.8. The van der Waals surface area contributed by atoms with Crippen LogP contribution in [0, 0.1) is 20.8 Å². The fourth-order valence-electron chi connectivity index (χ4n) is 5.43. The Morgan fingerprint density at radius 3 is 2.44 bits per heavy atom. The first kappa shape index (κ1) is 22.6. The first-order chi connectivity index (χ1) is 16.4. The summed E-state index contributed by atoms with van der Waals surface area (Å²) >= 11 is 1.71. The van der Waals surface area contributed by atoms with Crippen LogP contribution in [-0.2, 0) is 11.2 Å². The smallest absolute Gasteiger partial charge is 0.143 e. The number of carbonyl (C=O) groups is 1. The Kier molecular flexibility index (Phi) is 5.68. The fourth-order valence-corrected chi connectivity index (χ4v) is 6.27. The van der Waals surface area contributed by atoms with E-state index in [0.29, 0.717) is 6.42 Å². The van der Waals surface area contributed by atoms with Gasteiger partial charge in [0.25, 0.3) is 0 Å². The largest absolute Gasteiger partial charge is 0.497 e. The Morgan fingerprint density at radius 1 is 1.06 bits per heavy atom. The summed E-state index contributed by atoms with van der Waals surface area (Å²) in [6, 6.07) is 14.7. The lowest BCUT2D eigenvalue weighted by Crippen LogP contribution is -2.25. The maximum absolute atomic E-state index is 11.8. The Morgan fingerprint density at radius 2 is 1.79 bits per heavy atom. The Balaban J connectivity index is 1.91. The van der Waals surface area contributed by atoms with Crippen molar-refractivity contribution in [3.8, 4) is 28.2 Å². The molecule has 0 saturated carbocycles. The number of aryl methyl sites for hydroxylation is 1. The van der Waals surface area contributed by atoms with E-state index in [-0.39, 0.29) is 6.04 Å². The van der Waals surface area contributed by atoms with Crippen LogP contribution in [0.2, 0.25) is 0 Å². The van der Waals surface area contributed by atoms with Crippen LogP contribution in [0.3, 0.4) is 0 Å². The molecule has 2 heterocycles. The van der Waals surface area contributed by atoms with E-state index < -0.39 is 0 Å². The molecule has 34 heavy (non-hydrogen) atoms. The van der Waals surface area contributed by atoms with Gasteiger partial charge in [0.05, 0.1) is 18.8 Å². The molecule has 0 amide bonds. The molecule has 5 heteroatoms. The minimum atomic E-state index is 0.111. The van der Waals surface area contributed by atoms with Gasteiger partial charge < -0.3 is 18.3 Å². The molecular weight excluding hydrogens is 442 g/mol. The summed E-state index contributed by atoms with van der Waals surface area (Å²) in [5, 5.41) is 1.11. The van der Waals surface area contributed by atoms with Gasteiger partial charge in [0.15, 0.2) is 0 Å². The van der Waals surface area contributed by atoms with E-state index in [1.54, 1.807) is 19.1 Å². The molecule has 1 aromatic heterocycles. The highest BCUT2D eigenvalue weighted by Gasteiger charge is 2.37. The molecule has 3 aromatic carbocycles. The first-order valence-corrected chi connectivity index (χ1v) is 12.7. The number of rotatable bonds is 5. The molecule has 0 saturated heterocycles. The second-order valence-electron chi connectivity index (χ2n) is 8.96. The molecule has 0 unspecified atom stereocenters. The highest BCUT2D eigenvalue weighted by Crippen LogP contribution is 2.55. The topological polar surface area (TPSA) is 42.7 Å². The number of fused-ring (bicyclic) bond motifs is 5. The van der Waals surface area contributed by atoms with Crippen LogP contribution in [0.25, 0.3) is 33.4 Å². The summed E-state index contributed by atoms with van der Waals surface area (Å²) in [6.07, 6.45) is 3.50. The maximum atomic E-state index is 11.8. The predicted molar refractivity (Wildman–Crippen MR) is 142 cm³/mol. The van der Waals surface area contributed by atoms with Crippen LogP contribution in [0.4, 0.5) is 5.69 Å². The van der Waals surface area contributed by atoms with Crippen molar-refractivity contribution in [2.75, 3.05) is 17.7 Å². The molecule has 0 bridgehead atoms. The van der Waals surface area contributed by atoms with Gasteiger partial charge in [-0.2, -0.15) is 0 Å². The van der Waals surface area contributed by atoms with Crippen LogP contribution < -0.4 is 9.04 Å². The maximum Gasteiger partial charge on any atom is 0.143 e. The average molecular weight is 472 g/mol. The minimum absolute atomic E-state index is 0.111. The van der Waals surface area contributed by atoms with Crippen LogP contribution in [-0.4, -0.2) is 19.7 Å². The lowest BCUT2D eigenvalue weighted by atomic mass is 9.82. The summed E-state index contributed by atoms with van der Waals surface area (Å²) < 4.78 is 14.4. The summed E-state index contributed by atoms with van der Waals surface area (Å²) in [5.41, 5.74) is 11.1. The number of anilines is 1. The van der Waals surface area contributed by atoms with Gasteiger partial charge >= 0.3 is 0 Å². The van der Waals surface area contributed by atoms with Crippen molar-refractivity contribution in [3.63, 3.8) is 0 Å². The number of aldehydes is 1. The molecule has 0 spiro atoms. The lowest BCUT2D eigenvalue weighted by molar-refractivity contribution is -0.107. The first-order valence-electron chi connectivity index (χ1n) is 11.5. The number of furan rings is 1. The van der Waals surface area contributed by atoms with Crippen molar-refractivity contribution in [1.82, 2.24) is 0 Å². The average Bonchev–Trinajstić information content (AvgIpc) is 3.22. The number of hydrogen-bond acceptors (Lipinski definition) is 5. The molecule has 174 valence electrons. The number of benzene rings is 3. The van der Waals surface area contributed by atoms with Crippen LogP contribution in [0.15, 0.2) is 46.9 Å². The molecule has 0 radical (unpaired) electrons. The Labute approximate surface area is 205 Å². The number of ether oxygens (including phenoxy) is 1. The van der Waals surface area contributed by atoms with E-state index in [1.807, 2.05) is 12.1 Å². The highest BCUT2D eigenvalue weighted by molar-refractivity contribution is 8.00. The zero-order valence-electron chi connectivity index (χ0n) is 20.5. The van der Waals surface area contributed by atoms with Crippen molar-refractivity contribution in [2.24, 2.45) is 0 Å². The van der Waals surface area contributed by atoms with Crippen molar-refractivity contribution in [1.29, 1.82) is 0 Å². The van der Waals surface area contributed by atoms with Crippen molar-refractivity contribution >= 4 is 34.9 Å². The number of hydrogen-bond donors (Lipinski definition) is 0. The molecule has 5 rings (SSSR count). The van der Waals surface area contributed by atoms with E-state index in [2.05, 4.69) is 68.6 Å². The van der Waals surface area contributed by atoms with Gasteiger partial charge in [-0.05, 0) is 67.6 Å². The van der Waals surface area contributed by atoms with Crippen LogP contribution in [0.5, 0.6) is 5.75 Å². The Hall–Kier alpha value is -3.18. The molecule has 1 atom stereocenters. The van der Waals surface area contributed by atoms with E-state index >= 15 is 0 Å². The molecule has 0 aliphatic carbocycles. The quantitative estimate of drug-likeness (QED) is 0.221. The molecule has 0 N–H and O–H groups in total. The van der Waals surface area contributed by atoms with E-state index in [9.17, 15) is 4.79 Å². The monoisotopic (exact) mass is 471 g/mol. The third-order valence-corrected chi connectivity index (χ3v) is 7.97. The van der Waals surface area contributed by atoms with Gasteiger partial charge in [0.1, 0.15) is 23.4 Å². The van der Waals surface area contributed by atoms with Gasteiger partial charge in [-0.1, -0.05) is 41.8 Å². The number of carbonyl (C=O) groups excluding carboxylic acids is 1. The molecule has 4 nitrogen and oxygen atoms in total. The highest BCUT2D eigenvalue weighted by atomic mass is 32.2. The van der Waals surface area contributed by atoms with Crippen molar-refractivity contribution in [3.05, 3.63) is 70.3 Å². The SMILES string of the molecule is COc1ccc2c3c(oc2c1)-c1c(C)c(-c2ccc(C)cc2)c(CC=O)c(C)c1N(SC)[C@H]3C. The van der Waals surface area contributed by atoms with Crippen molar-refractivity contribution < 1.29 is 13.9 Å². The number of methoxy groups -OCH3 is 1. The second kappa shape index (κ2) is 8.55. The standard InChI is InChI=1S/C29H29NO3S/c1-16-7-9-20(10-8-16)25-18(3)26-28(17(2)22(25)13-14-31)30(34-6)19(4)27-23-12-11-21(32-5)15-24(23)33-29(26)27/h7-12,14-15,19H,13H2,1-6H3/t19-/m0/s1. The fraction of sp³-hybridized carbons (Fsp3) is 0.276. The molecule has 1 aliphatic rings. The summed E-state index contributed by atoms with van der Waals surface area (Å²) in [5.74, 6) is 1.70. The van der Waals surface area contributed by atoms with Gasteiger partial charge in [-0.25, -0.2) is 0 Å². The van der Waals surface area contributed by atoms with Gasteiger partial charge in [-0.15, -0.1) is 0 Å². The molecule has 0 fully saturated rings. The normalized spacial score (nSPS) is 14.8. The van der Waals surface area contributed by atoms with Gasteiger partial charge in [0, 0.05) is 35.3 Å². The molecular formula is C29H29NO3S. The molecule has 4 aromatic rings. The van der Waals surface area contributed by atoms with E-state index in [1.165, 1.54) is 11.1 Å². The van der Waals surface area contributed by atoms with Crippen LogP contribution >= 0.6 is 11.9 Å². The Bertz CT molecular complexity index is 1420.